The van der Waals surface area contributed by atoms with Crippen molar-refractivity contribution < 1.29 is 0 Å². The Balaban J connectivity index is 1.16. The van der Waals surface area contributed by atoms with Crippen molar-refractivity contribution >= 4 is 80.5 Å². The van der Waals surface area contributed by atoms with E-state index in [2.05, 4.69) is 161 Å². The topological polar surface area (TPSA) is 48.0 Å². The van der Waals surface area contributed by atoms with Gasteiger partial charge in [-0.1, -0.05) is 109 Å². The van der Waals surface area contributed by atoms with E-state index >= 15 is 0 Å². The Labute approximate surface area is 313 Å². The third-order valence-corrected chi connectivity index (χ3v) is 11.6. The number of aromatic nitrogens is 4. The number of fused-ring (bicyclic) bond motifs is 8. The van der Waals surface area contributed by atoms with Gasteiger partial charge in [0.05, 0.1) is 17.6 Å². The van der Waals surface area contributed by atoms with E-state index in [4.69, 9.17) is 21.5 Å². The third kappa shape index (κ3) is 4.73. The highest BCUT2D eigenvalue weighted by atomic mass is 32.1. The van der Waals surface area contributed by atoms with E-state index in [9.17, 15) is 0 Å². The van der Waals surface area contributed by atoms with Crippen LogP contribution in [0.5, 0.6) is 0 Å². The summed E-state index contributed by atoms with van der Waals surface area (Å²) in [5.41, 5.74) is 6.54. The van der Waals surface area contributed by atoms with Crippen LogP contribution in [0.15, 0.2) is 164 Å². The third-order valence-electron chi connectivity index (χ3n) is 10.5. The van der Waals surface area contributed by atoms with Gasteiger partial charge in [0.2, 0.25) is 0 Å². The second-order valence-electron chi connectivity index (χ2n) is 13.5. The lowest BCUT2D eigenvalue weighted by atomic mass is 10.0. The van der Waals surface area contributed by atoms with Crippen molar-refractivity contribution in [2.24, 2.45) is 0 Å². The smallest absolute Gasteiger partial charge is 0.188 e. The fourth-order valence-corrected chi connectivity index (χ4v) is 9.02. The minimum absolute atomic E-state index is 0.589. The molecule has 0 spiro atoms. The Bertz CT molecular complexity index is 3260. The summed E-state index contributed by atoms with van der Waals surface area (Å²) in [7, 11) is 0. The molecular formula is C48H27N5S. The highest BCUT2D eigenvalue weighted by molar-refractivity contribution is 7.25. The molecule has 3 heterocycles. The maximum atomic E-state index is 7.84. The van der Waals surface area contributed by atoms with E-state index in [1.807, 2.05) is 23.5 Å². The second-order valence-corrected chi connectivity index (χ2v) is 14.6. The highest BCUT2D eigenvalue weighted by Crippen LogP contribution is 2.40. The summed E-state index contributed by atoms with van der Waals surface area (Å²) in [6.07, 6.45) is 0. The maximum Gasteiger partial charge on any atom is 0.188 e. The van der Waals surface area contributed by atoms with Gasteiger partial charge in [-0.2, -0.15) is 0 Å². The average molecular weight is 706 g/mol. The standard InChI is InChI=1S/C48H27N5S/c1-49-32-21-24-43-40(27-32)39-26-31(20-23-42(39)53(43)33-22-25-45-41(28-33)36-16-6-7-19-44(36)54-45)46-50-47(37-17-8-12-29-10-2-4-14-34(29)37)52-48(51-46)38-18-9-13-30-11-3-5-15-35(30)38/h2-28H. The molecule has 0 atom stereocenters. The van der Waals surface area contributed by atoms with Crippen molar-refractivity contribution in [1.29, 1.82) is 0 Å². The molecule has 0 aliphatic heterocycles. The first-order valence-electron chi connectivity index (χ1n) is 17.8. The predicted molar refractivity (Wildman–Crippen MR) is 225 cm³/mol. The Morgan fingerprint density at radius 1 is 0.444 bits per heavy atom. The monoisotopic (exact) mass is 705 g/mol. The minimum Gasteiger partial charge on any atom is -0.309 e. The maximum absolute atomic E-state index is 7.84. The van der Waals surface area contributed by atoms with Gasteiger partial charge < -0.3 is 4.57 Å². The number of hydrogen-bond acceptors (Lipinski definition) is 4. The number of nitrogens with zero attached hydrogens (tertiary/aromatic N) is 5. The van der Waals surface area contributed by atoms with Crippen LogP contribution >= 0.6 is 11.3 Å². The average Bonchev–Trinajstić information content (AvgIpc) is 3.77. The highest BCUT2D eigenvalue weighted by Gasteiger charge is 2.19. The summed E-state index contributed by atoms with van der Waals surface area (Å²) in [6.45, 7) is 7.84. The van der Waals surface area contributed by atoms with Crippen LogP contribution in [0.3, 0.4) is 0 Å². The molecule has 0 fully saturated rings. The normalized spacial score (nSPS) is 11.7. The molecule has 11 rings (SSSR count). The molecule has 0 N–H and O–H groups in total. The molecule has 11 aromatic rings. The molecule has 250 valence electrons. The Hall–Kier alpha value is -7.20. The van der Waals surface area contributed by atoms with Crippen LogP contribution < -0.4 is 0 Å². The van der Waals surface area contributed by atoms with Gasteiger partial charge in [-0.25, -0.2) is 19.8 Å². The first kappa shape index (κ1) is 30.4. The zero-order valence-corrected chi connectivity index (χ0v) is 29.5. The molecule has 54 heavy (non-hydrogen) atoms. The fourth-order valence-electron chi connectivity index (χ4n) is 7.94. The number of hydrogen-bond donors (Lipinski definition) is 0. The summed E-state index contributed by atoms with van der Waals surface area (Å²) in [6, 6.07) is 57.0. The Kier molecular flexibility index (Phi) is 6.72. The van der Waals surface area contributed by atoms with Crippen LogP contribution in [-0.4, -0.2) is 19.5 Å². The Morgan fingerprint density at radius 3 is 1.72 bits per heavy atom. The van der Waals surface area contributed by atoms with Gasteiger partial charge >= 0.3 is 0 Å². The van der Waals surface area contributed by atoms with E-state index in [-0.39, 0.29) is 0 Å². The van der Waals surface area contributed by atoms with Gasteiger partial charge in [-0.05, 0) is 81.5 Å². The SMILES string of the molecule is [C-]#[N+]c1ccc2c(c1)c1cc(-c3nc(-c4cccc5ccccc45)nc(-c4cccc5ccccc45)n3)ccc1n2-c1ccc2sc3ccccc3c2c1. The van der Waals surface area contributed by atoms with E-state index in [0.29, 0.717) is 23.2 Å². The van der Waals surface area contributed by atoms with Crippen LogP contribution in [0.2, 0.25) is 0 Å². The van der Waals surface area contributed by atoms with Crippen molar-refractivity contribution in [3.8, 4) is 39.9 Å². The molecule has 8 aromatic carbocycles. The number of benzene rings is 8. The molecule has 0 radical (unpaired) electrons. The zero-order valence-electron chi connectivity index (χ0n) is 28.7. The number of rotatable bonds is 4. The lowest BCUT2D eigenvalue weighted by Gasteiger charge is -2.12. The van der Waals surface area contributed by atoms with Gasteiger partial charge in [0.1, 0.15) is 0 Å². The van der Waals surface area contributed by atoms with Crippen LogP contribution in [0.1, 0.15) is 0 Å². The molecule has 0 amide bonds. The summed E-state index contributed by atoms with van der Waals surface area (Å²) < 4.78 is 4.85. The van der Waals surface area contributed by atoms with Crippen LogP contribution in [0.4, 0.5) is 5.69 Å². The molecule has 0 saturated heterocycles. The van der Waals surface area contributed by atoms with Gasteiger partial charge in [-0.3, -0.25) is 0 Å². The van der Waals surface area contributed by atoms with E-state index in [1.54, 1.807) is 0 Å². The van der Waals surface area contributed by atoms with Crippen molar-refractivity contribution in [1.82, 2.24) is 19.5 Å². The lowest BCUT2D eigenvalue weighted by molar-refractivity contribution is 1.08. The zero-order chi connectivity index (χ0) is 35.8. The largest absolute Gasteiger partial charge is 0.309 e. The minimum atomic E-state index is 0.589. The van der Waals surface area contributed by atoms with Crippen molar-refractivity contribution in [2.75, 3.05) is 0 Å². The van der Waals surface area contributed by atoms with Crippen molar-refractivity contribution in [3.63, 3.8) is 0 Å². The summed E-state index contributed by atoms with van der Waals surface area (Å²) in [4.78, 5) is 19.4. The van der Waals surface area contributed by atoms with Gasteiger partial charge in [0.25, 0.3) is 0 Å². The molecule has 0 aliphatic carbocycles. The molecule has 0 unspecified atom stereocenters. The summed E-state index contributed by atoms with van der Waals surface area (Å²) in [5, 5.41) is 8.96. The van der Waals surface area contributed by atoms with E-state index < -0.39 is 0 Å². The summed E-state index contributed by atoms with van der Waals surface area (Å²) >= 11 is 1.82. The molecule has 6 heteroatoms. The first-order valence-corrected chi connectivity index (χ1v) is 18.6. The van der Waals surface area contributed by atoms with Crippen LogP contribution in [0.25, 0.3) is 108 Å². The summed E-state index contributed by atoms with van der Waals surface area (Å²) in [5.74, 6) is 1.83. The van der Waals surface area contributed by atoms with Crippen LogP contribution in [-0.2, 0) is 0 Å². The van der Waals surface area contributed by atoms with E-state index in [1.165, 1.54) is 20.2 Å². The molecule has 3 aromatic heterocycles. The van der Waals surface area contributed by atoms with Crippen LogP contribution in [0, 0.1) is 6.57 Å². The number of thiophene rings is 1. The second kappa shape index (κ2) is 11.9. The van der Waals surface area contributed by atoms with Gasteiger partial charge in [0.15, 0.2) is 23.2 Å². The molecular weight excluding hydrogens is 679 g/mol. The lowest BCUT2D eigenvalue weighted by Crippen LogP contribution is -2.01. The van der Waals surface area contributed by atoms with Crippen molar-refractivity contribution in [3.05, 3.63) is 175 Å². The van der Waals surface area contributed by atoms with Gasteiger partial charge in [-0.15, -0.1) is 11.3 Å². The molecule has 0 aliphatic rings. The molecule has 5 nitrogen and oxygen atoms in total. The molecule has 0 bridgehead atoms. The molecule has 0 saturated carbocycles. The fraction of sp³-hybridized carbons (Fsp3) is 0. The predicted octanol–water partition coefficient (Wildman–Crippen LogP) is 13.2. The Morgan fingerprint density at radius 2 is 1.02 bits per heavy atom. The van der Waals surface area contributed by atoms with Gasteiger partial charge in [0, 0.05) is 47.9 Å². The quantitative estimate of drug-likeness (QED) is 0.171. The van der Waals surface area contributed by atoms with E-state index in [0.717, 1.165) is 65.7 Å². The van der Waals surface area contributed by atoms with Crippen molar-refractivity contribution in [2.45, 2.75) is 0 Å². The first-order chi connectivity index (χ1) is 26.7.